The van der Waals surface area contributed by atoms with Gasteiger partial charge in [0.15, 0.2) is 5.82 Å². The standard InChI is InChI=1S/C21H24N6O/c1-28-18-6-4-16(5-7-18)14-27-12-2-3-17(15-27)19-8-9-24-21(25-19)26-20-13-22-10-11-23-20/h4-11,13,17H,2-3,12,14-15H2,1H3,(H,23,24,25,26)/t17-/m1/s1. The van der Waals surface area contributed by atoms with Gasteiger partial charge in [0.1, 0.15) is 5.75 Å². The second-order valence-corrected chi connectivity index (χ2v) is 6.94. The van der Waals surface area contributed by atoms with E-state index in [1.54, 1.807) is 25.7 Å². The summed E-state index contributed by atoms with van der Waals surface area (Å²) in [6.45, 7) is 3.04. The highest BCUT2D eigenvalue weighted by atomic mass is 16.5. The molecule has 0 unspecified atom stereocenters. The number of nitrogens with one attached hydrogen (secondary N) is 1. The molecule has 7 nitrogen and oxygen atoms in total. The molecule has 1 aliphatic heterocycles. The number of benzene rings is 1. The van der Waals surface area contributed by atoms with Crippen LogP contribution in [0.5, 0.6) is 5.75 Å². The first-order valence-corrected chi connectivity index (χ1v) is 9.51. The van der Waals surface area contributed by atoms with Gasteiger partial charge >= 0.3 is 0 Å². The van der Waals surface area contributed by atoms with E-state index in [0.29, 0.717) is 17.7 Å². The molecule has 144 valence electrons. The van der Waals surface area contributed by atoms with E-state index >= 15 is 0 Å². The van der Waals surface area contributed by atoms with Gasteiger partial charge in [-0.2, -0.15) is 0 Å². The number of likely N-dealkylation sites (tertiary alicyclic amines) is 1. The first-order valence-electron chi connectivity index (χ1n) is 9.51. The Labute approximate surface area is 164 Å². The third-order valence-corrected chi connectivity index (χ3v) is 4.97. The molecular formula is C21H24N6O. The summed E-state index contributed by atoms with van der Waals surface area (Å²) >= 11 is 0. The lowest BCUT2D eigenvalue weighted by Crippen LogP contribution is -2.34. The van der Waals surface area contributed by atoms with Gasteiger partial charge in [-0.3, -0.25) is 9.88 Å². The zero-order valence-corrected chi connectivity index (χ0v) is 16.0. The molecular weight excluding hydrogens is 352 g/mol. The van der Waals surface area contributed by atoms with Crippen LogP contribution in [0.1, 0.15) is 30.0 Å². The fourth-order valence-corrected chi connectivity index (χ4v) is 3.57. The highest BCUT2D eigenvalue weighted by Crippen LogP contribution is 2.27. The molecule has 0 aliphatic carbocycles. The third kappa shape index (κ3) is 4.61. The number of hydrogen-bond donors (Lipinski definition) is 1. The second kappa shape index (κ2) is 8.75. The smallest absolute Gasteiger partial charge is 0.228 e. The molecule has 0 bridgehead atoms. The lowest BCUT2D eigenvalue weighted by molar-refractivity contribution is 0.198. The van der Waals surface area contributed by atoms with Crippen molar-refractivity contribution in [1.29, 1.82) is 0 Å². The van der Waals surface area contributed by atoms with Crippen LogP contribution >= 0.6 is 0 Å². The largest absolute Gasteiger partial charge is 0.497 e. The summed E-state index contributed by atoms with van der Waals surface area (Å²) in [6, 6.07) is 10.3. The molecule has 1 N–H and O–H groups in total. The van der Waals surface area contributed by atoms with Crippen LogP contribution in [-0.2, 0) is 6.54 Å². The highest BCUT2D eigenvalue weighted by Gasteiger charge is 2.23. The van der Waals surface area contributed by atoms with Crippen LogP contribution in [0.25, 0.3) is 0 Å². The molecule has 1 fully saturated rings. The number of methoxy groups -OCH3 is 1. The van der Waals surface area contributed by atoms with Crippen LogP contribution < -0.4 is 10.1 Å². The first-order chi connectivity index (χ1) is 13.8. The number of nitrogens with zero attached hydrogens (tertiary/aromatic N) is 5. The molecule has 0 radical (unpaired) electrons. The average Bonchev–Trinajstić information content (AvgIpc) is 2.75. The van der Waals surface area contributed by atoms with Crippen LogP contribution in [0.4, 0.5) is 11.8 Å². The van der Waals surface area contributed by atoms with Gasteiger partial charge in [-0.15, -0.1) is 0 Å². The van der Waals surface area contributed by atoms with Crippen molar-refractivity contribution in [2.75, 3.05) is 25.5 Å². The molecule has 1 aliphatic rings. The number of ether oxygens (including phenoxy) is 1. The van der Waals surface area contributed by atoms with E-state index in [4.69, 9.17) is 9.72 Å². The van der Waals surface area contributed by atoms with Gasteiger partial charge < -0.3 is 10.1 Å². The lowest BCUT2D eigenvalue weighted by atomic mass is 9.94. The fourth-order valence-electron chi connectivity index (χ4n) is 3.57. The van der Waals surface area contributed by atoms with Gasteiger partial charge in [-0.1, -0.05) is 12.1 Å². The summed E-state index contributed by atoms with van der Waals surface area (Å²) in [6.07, 6.45) is 9.06. The zero-order valence-electron chi connectivity index (χ0n) is 16.0. The lowest BCUT2D eigenvalue weighted by Gasteiger charge is -2.32. The predicted octanol–water partition coefficient (Wildman–Crippen LogP) is 3.40. The van der Waals surface area contributed by atoms with Crippen molar-refractivity contribution in [2.45, 2.75) is 25.3 Å². The van der Waals surface area contributed by atoms with Gasteiger partial charge in [0.25, 0.3) is 0 Å². The Bertz CT molecular complexity index is 887. The molecule has 1 atom stereocenters. The van der Waals surface area contributed by atoms with Crippen molar-refractivity contribution >= 4 is 11.8 Å². The molecule has 0 spiro atoms. The van der Waals surface area contributed by atoms with Crippen molar-refractivity contribution in [3.63, 3.8) is 0 Å². The Morgan fingerprint density at radius 3 is 2.79 bits per heavy atom. The van der Waals surface area contributed by atoms with E-state index in [1.165, 1.54) is 5.56 Å². The van der Waals surface area contributed by atoms with Crippen LogP contribution in [0.2, 0.25) is 0 Å². The van der Waals surface area contributed by atoms with E-state index in [9.17, 15) is 0 Å². The van der Waals surface area contributed by atoms with E-state index in [0.717, 1.165) is 43.9 Å². The Morgan fingerprint density at radius 2 is 2.00 bits per heavy atom. The summed E-state index contributed by atoms with van der Waals surface area (Å²) in [5, 5.41) is 3.12. The Hall–Kier alpha value is -3.06. The maximum atomic E-state index is 5.25. The second-order valence-electron chi connectivity index (χ2n) is 6.94. The highest BCUT2D eigenvalue weighted by molar-refractivity contribution is 5.45. The zero-order chi connectivity index (χ0) is 19.2. The topological polar surface area (TPSA) is 76.1 Å². The van der Waals surface area contributed by atoms with Crippen LogP contribution in [-0.4, -0.2) is 45.0 Å². The van der Waals surface area contributed by atoms with Crippen molar-refractivity contribution in [2.24, 2.45) is 0 Å². The number of anilines is 2. The minimum Gasteiger partial charge on any atom is -0.497 e. The van der Waals surface area contributed by atoms with E-state index in [1.807, 2.05) is 24.4 Å². The summed E-state index contributed by atoms with van der Waals surface area (Å²) < 4.78 is 5.25. The summed E-state index contributed by atoms with van der Waals surface area (Å²) in [4.78, 5) is 19.8. The summed E-state index contributed by atoms with van der Waals surface area (Å²) in [7, 11) is 1.69. The Kier molecular flexibility index (Phi) is 5.72. The molecule has 7 heteroatoms. The Balaban J connectivity index is 1.41. The quantitative estimate of drug-likeness (QED) is 0.706. The molecule has 0 amide bonds. The maximum absolute atomic E-state index is 5.25. The molecule has 3 heterocycles. The molecule has 2 aromatic heterocycles. The maximum Gasteiger partial charge on any atom is 0.228 e. The summed E-state index contributed by atoms with van der Waals surface area (Å²) in [5.41, 5.74) is 2.37. The number of rotatable bonds is 6. The fraction of sp³-hybridized carbons (Fsp3) is 0.333. The van der Waals surface area contributed by atoms with E-state index < -0.39 is 0 Å². The molecule has 0 saturated carbocycles. The van der Waals surface area contributed by atoms with Gasteiger partial charge in [0.2, 0.25) is 5.95 Å². The SMILES string of the molecule is COc1ccc(CN2CCC[C@@H](c3ccnc(Nc4cnccn4)n3)C2)cc1. The number of hydrogen-bond acceptors (Lipinski definition) is 7. The van der Waals surface area contributed by atoms with E-state index in [-0.39, 0.29) is 0 Å². The molecule has 4 rings (SSSR count). The molecule has 1 aromatic carbocycles. The molecule has 1 saturated heterocycles. The van der Waals surface area contributed by atoms with Crippen LogP contribution in [0.3, 0.4) is 0 Å². The van der Waals surface area contributed by atoms with Gasteiger partial charge in [-0.25, -0.2) is 15.0 Å². The minimum absolute atomic E-state index is 0.400. The first kappa shape index (κ1) is 18.3. The normalized spacial score (nSPS) is 17.2. The van der Waals surface area contributed by atoms with Crippen molar-refractivity contribution in [3.8, 4) is 5.75 Å². The monoisotopic (exact) mass is 376 g/mol. The van der Waals surface area contributed by atoms with Crippen molar-refractivity contribution in [3.05, 3.63) is 66.4 Å². The number of aromatic nitrogens is 4. The Morgan fingerprint density at radius 1 is 1.11 bits per heavy atom. The van der Waals surface area contributed by atoms with Gasteiger partial charge in [-0.05, 0) is 43.1 Å². The van der Waals surface area contributed by atoms with Crippen LogP contribution in [0.15, 0.2) is 55.1 Å². The molecule has 3 aromatic rings. The van der Waals surface area contributed by atoms with Gasteiger partial charge in [0.05, 0.1) is 19.0 Å². The van der Waals surface area contributed by atoms with E-state index in [2.05, 4.69) is 37.3 Å². The minimum atomic E-state index is 0.400. The summed E-state index contributed by atoms with van der Waals surface area (Å²) in [5.74, 6) is 2.50. The van der Waals surface area contributed by atoms with Crippen molar-refractivity contribution in [1.82, 2.24) is 24.8 Å². The number of piperidine rings is 1. The van der Waals surface area contributed by atoms with Gasteiger partial charge in [0, 0.05) is 37.6 Å². The molecule has 28 heavy (non-hydrogen) atoms. The van der Waals surface area contributed by atoms with Crippen molar-refractivity contribution < 1.29 is 4.74 Å². The average molecular weight is 376 g/mol. The van der Waals surface area contributed by atoms with Crippen LogP contribution in [0, 0.1) is 0 Å². The predicted molar refractivity (Wildman–Crippen MR) is 108 cm³/mol. The third-order valence-electron chi connectivity index (χ3n) is 4.97.